The van der Waals surface area contributed by atoms with Crippen molar-refractivity contribution in [1.82, 2.24) is 15.1 Å². The third-order valence-electron chi connectivity index (χ3n) is 5.21. The van der Waals surface area contributed by atoms with Gasteiger partial charge < -0.3 is 15.1 Å². The number of carbonyl (C=O) groups is 1. The minimum atomic E-state index is 0.0671. The summed E-state index contributed by atoms with van der Waals surface area (Å²) in [7, 11) is 0. The molecule has 2 heterocycles. The molecule has 2 aliphatic rings. The summed E-state index contributed by atoms with van der Waals surface area (Å²) in [4.78, 5) is 17.0. The number of amides is 2. The Bertz CT molecular complexity index is 548. The molecule has 2 amide bonds. The highest BCUT2D eigenvalue weighted by atomic mass is 35.5. The van der Waals surface area contributed by atoms with E-state index in [1.807, 2.05) is 29.2 Å². The van der Waals surface area contributed by atoms with Gasteiger partial charge in [-0.15, -0.1) is 0 Å². The first kappa shape index (κ1) is 17.6. The molecule has 2 unspecified atom stereocenters. The number of urea groups is 1. The lowest BCUT2D eigenvalue weighted by Gasteiger charge is -2.31. The van der Waals surface area contributed by atoms with E-state index in [2.05, 4.69) is 17.1 Å². The summed E-state index contributed by atoms with van der Waals surface area (Å²) in [6.45, 7) is 7.15. The van der Waals surface area contributed by atoms with Crippen LogP contribution in [0.15, 0.2) is 24.3 Å². The van der Waals surface area contributed by atoms with E-state index >= 15 is 0 Å². The van der Waals surface area contributed by atoms with Crippen molar-refractivity contribution < 1.29 is 4.79 Å². The lowest BCUT2D eigenvalue weighted by atomic mass is 10.0. The molecule has 4 nitrogen and oxygen atoms in total. The summed E-state index contributed by atoms with van der Waals surface area (Å²) in [6.07, 6.45) is 4.70. The van der Waals surface area contributed by atoms with Gasteiger partial charge in [-0.05, 0) is 55.8 Å². The number of piperidine rings is 1. The van der Waals surface area contributed by atoms with Crippen molar-refractivity contribution in [3.05, 3.63) is 34.9 Å². The van der Waals surface area contributed by atoms with Crippen molar-refractivity contribution in [2.45, 2.75) is 38.6 Å². The van der Waals surface area contributed by atoms with Gasteiger partial charge in [-0.1, -0.05) is 30.7 Å². The van der Waals surface area contributed by atoms with Crippen LogP contribution in [-0.2, 0) is 0 Å². The van der Waals surface area contributed by atoms with E-state index in [1.54, 1.807) is 0 Å². The second kappa shape index (κ2) is 8.21. The Morgan fingerprint density at radius 2 is 1.96 bits per heavy atom. The molecule has 2 aliphatic heterocycles. The van der Waals surface area contributed by atoms with Gasteiger partial charge in [0.1, 0.15) is 0 Å². The van der Waals surface area contributed by atoms with E-state index in [9.17, 15) is 4.79 Å². The van der Waals surface area contributed by atoms with Crippen molar-refractivity contribution in [3.8, 4) is 0 Å². The van der Waals surface area contributed by atoms with E-state index in [-0.39, 0.29) is 12.1 Å². The quantitative estimate of drug-likeness (QED) is 0.894. The number of nitrogens with zero attached hydrogens (tertiary/aromatic N) is 2. The summed E-state index contributed by atoms with van der Waals surface area (Å²) in [5, 5.41) is 3.86. The molecule has 0 aromatic heterocycles. The van der Waals surface area contributed by atoms with Gasteiger partial charge >= 0.3 is 6.03 Å². The van der Waals surface area contributed by atoms with E-state index in [0.717, 1.165) is 56.5 Å². The molecule has 1 aromatic carbocycles. The molecule has 0 spiro atoms. The lowest BCUT2D eigenvalue weighted by molar-refractivity contribution is 0.174. The van der Waals surface area contributed by atoms with Crippen molar-refractivity contribution >= 4 is 17.6 Å². The van der Waals surface area contributed by atoms with Crippen LogP contribution in [0.2, 0.25) is 5.02 Å². The highest BCUT2D eigenvalue weighted by Crippen LogP contribution is 2.32. The van der Waals surface area contributed by atoms with Crippen LogP contribution in [0.4, 0.5) is 4.79 Å². The molecule has 0 aliphatic carbocycles. The van der Waals surface area contributed by atoms with Crippen LogP contribution in [0.1, 0.15) is 44.2 Å². The molecule has 2 saturated heterocycles. The molecule has 0 radical (unpaired) electrons. The topological polar surface area (TPSA) is 35.6 Å². The molecule has 5 heteroatoms. The van der Waals surface area contributed by atoms with Crippen LogP contribution in [0.5, 0.6) is 0 Å². The molecular formula is C19H28ClN3O. The first-order valence-electron chi connectivity index (χ1n) is 9.16. The number of hydrogen-bond donors (Lipinski definition) is 1. The second-order valence-electron chi connectivity index (χ2n) is 7.18. The van der Waals surface area contributed by atoms with E-state index in [0.29, 0.717) is 0 Å². The third-order valence-corrected chi connectivity index (χ3v) is 5.47. The fraction of sp³-hybridized carbons (Fsp3) is 0.632. The molecule has 1 N–H and O–H groups in total. The summed E-state index contributed by atoms with van der Waals surface area (Å²) in [6, 6.07) is 8.13. The Balaban J connectivity index is 1.49. The van der Waals surface area contributed by atoms with Gasteiger partial charge in [-0.2, -0.15) is 0 Å². The number of rotatable bonds is 4. The zero-order valence-corrected chi connectivity index (χ0v) is 15.3. The highest BCUT2D eigenvalue weighted by molar-refractivity contribution is 6.30. The van der Waals surface area contributed by atoms with E-state index < -0.39 is 0 Å². The van der Waals surface area contributed by atoms with Crippen LogP contribution in [0.3, 0.4) is 0 Å². The largest absolute Gasteiger partial charge is 0.337 e. The van der Waals surface area contributed by atoms with Crippen molar-refractivity contribution in [2.24, 2.45) is 5.92 Å². The minimum Gasteiger partial charge on any atom is -0.337 e. The summed E-state index contributed by atoms with van der Waals surface area (Å²) < 4.78 is 0. The van der Waals surface area contributed by atoms with Gasteiger partial charge in [0.2, 0.25) is 0 Å². The molecule has 2 fully saturated rings. The number of nitrogens with one attached hydrogen (secondary N) is 1. The zero-order valence-electron chi connectivity index (χ0n) is 14.5. The number of benzene rings is 1. The molecular weight excluding hydrogens is 322 g/mol. The molecule has 0 bridgehead atoms. The third kappa shape index (κ3) is 4.42. The number of halogens is 1. The Kier molecular flexibility index (Phi) is 6.01. The zero-order chi connectivity index (χ0) is 16.9. The maximum atomic E-state index is 12.6. The molecule has 0 saturated carbocycles. The standard InChI is InChI=1S/C19H28ClN3O/c1-15-4-2-11-22(14-15)13-10-21-19(24)23-12-3-5-18(23)16-6-8-17(20)9-7-16/h6-9,15,18H,2-5,10-14H2,1H3,(H,21,24). The minimum absolute atomic E-state index is 0.0671. The van der Waals surface area contributed by atoms with Crippen molar-refractivity contribution in [3.63, 3.8) is 0 Å². The van der Waals surface area contributed by atoms with E-state index in [1.165, 1.54) is 18.4 Å². The number of hydrogen-bond acceptors (Lipinski definition) is 2. The Morgan fingerprint density at radius 1 is 1.21 bits per heavy atom. The molecule has 2 atom stereocenters. The van der Waals surface area contributed by atoms with E-state index in [4.69, 9.17) is 11.6 Å². The SMILES string of the molecule is CC1CCCN(CCNC(=O)N2CCCC2c2ccc(Cl)cc2)C1. The number of likely N-dealkylation sites (tertiary alicyclic amines) is 2. The second-order valence-corrected chi connectivity index (χ2v) is 7.62. The average Bonchev–Trinajstić information content (AvgIpc) is 3.05. The predicted octanol–water partition coefficient (Wildman–Crippen LogP) is 3.92. The Labute approximate surface area is 150 Å². The van der Waals surface area contributed by atoms with Gasteiger partial charge in [0.15, 0.2) is 0 Å². The fourth-order valence-electron chi connectivity index (χ4n) is 3.95. The summed E-state index contributed by atoms with van der Waals surface area (Å²) >= 11 is 5.97. The van der Waals surface area contributed by atoms with Crippen LogP contribution < -0.4 is 5.32 Å². The van der Waals surface area contributed by atoms with Gasteiger partial charge in [0, 0.05) is 31.2 Å². The Hall–Kier alpha value is -1.26. The van der Waals surface area contributed by atoms with Gasteiger partial charge in [-0.25, -0.2) is 4.79 Å². The van der Waals surface area contributed by atoms with Crippen LogP contribution in [0, 0.1) is 5.92 Å². The van der Waals surface area contributed by atoms with Crippen LogP contribution >= 0.6 is 11.6 Å². The number of carbonyl (C=O) groups excluding carboxylic acids is 1. The first-order valence-corrected chi connectivity index (χ1v) is 9.53. The molecule has 24 heavy (non-hydrogen) atoms. The molecule has 3 rings (SSSR count). The average molecular weight is 350 g/mol. The maximum Gasteiger partial charge on any atom is 0.317 e. The van der Waals surface area contributed by atoms with Gasteiger partial charge in [0.05, 0.1) is 6.04 Å². The first-order chi connectivity index (χ1) is 11.6. The van der Waals surface area contributed by atoms with Gasteiger partial charge in [-0.3, -0.25) is 0 Å². The van der Waals surface area contributed by atoms with Crippen molar-refractivity contribution in [2.75, 3.05) is 32.7 Å². The lowest BCUT2D eigenvalue weighted by Crippen LogP contribution is -2.44. The van der Waals surface area contributed by atoms with Crippen LogP contribution in [-0.4, -0.2) is 48.6 Å². The summed E-state index contributed by atoms with van der Waals surface area (Å²) in [5.74, 6) is 0.780. The molecule has 1 aromatic rings. The normalized spacial score (nSPS) is 25.0. The van der Waals surface area contributed by atoms with Crippen LogP contribution in [0.25, 0.3) is 0 Å². The monoisotopic (exact) mass is 349 g/mol. The highest BCUT2D eigenvalue weighted by Gasteiger charge is 2.29. The maximum absolute atomic E-state index is 12.6. The Morgan fingerprint density at radius 3 is 2.71 bits per heavy atom. The van der Waals surface area contributed by atoms with Gasteiger partial charge in [0.25, 0.3) is 0 Å². The smallest absolute Gasteiger partial charge is 0.317 e. The fourth-order valence-corrected chi connectivity index (χ4v) is 4.08. The predicted molar refractivity (Wildman–Crippen MR) is 98.4 cm³/mol. The van der Waals surface area contributed by atoms with Crippen molar-refractivity contribution in [1.29, 1.82) is 0 Å². The summed E-state index contributed by atoms with van der Waals surface area (Å²) in [5.41, 5.74) is 1.18. The molecule has 132 valence electrons.